The number of rotatable bonds is 4. The highest BCUT2D eigenvalue weighted by atomic mass is 35.5. The van der Waals surface area contributed by atoms with E-state index in [9.17, 15) is 5.11 Å². The number of hydrogen-bond acceptors (Lipinski definition) is 5. The summed E-state index contributed by atoms with van der Waals surface area (Å²) in [5, 5.41) is 10.1. The van der Waals surface area contributed by atoms with Crippen molar-refractivity contribution in [3.05, 3.63) is 38.4 Å². The first-order valence-electron chi connectivity index (χ1n) is 5.08. The van der Waals surface area contributed by atoms with E-state index >= 15 is 0 Å². The Bertz CT molecular complexity index is 548. The predicted molar refractivity (Wildman–Crippen MR) is 71.6 cm³/mol. The highest BCUT2D eigenvalue weighted by molar-refractivity contribution is 7.20. The molecule has 2 heterocycles. The van der Waals surface area contributed by atoms with Gasteiger partial charge in [0.1, 0.15) is 10.7 Å². The summed E-state index contributed by atoms with van der Waals surface area (Å²) in [6, 6.07) is 3.34. The van der Waals surface area contributed by atoms with Crippen LogP contribution in [-0.4, -0.2) is 22.2 Å². The monoisotopic (exact) mass is 304 g/mol. The van der Waals surface area contributed by atoms with Gasteiger partial charge >= 0.3 is 0 Å². The van der Waals surface area contributed by atoms with Gasteiger partial charge in [0.2, 0.25) is 5.88 Å². The quantitative estimate of drug-likeness (QED) is 0.943. The van der Waals surface area contributed by atoms with Crippen molar-refractivity contribution in [2.45, 2.75) is 12.5 Å². The minimum Gasteiger partial charge on any atom is -0.481 e. The molecule has 1 unspecified atom stereocenters. The van der Waals surface area contributed by atoms with Crippen molar-refractivity contribution in [3.63, 3.8) is 0 Å². The van der Waals surface area contributed by atoms with Gasteiger partial charge in [-0.2, -0.15) is 0 Å². The van der Waals surface area contributed by atoms with Crippen LogP contribution in [0.3, 0.4) is 0 Å². The second-order valence-electron chi connectivity index (χ2n) is 3.55. The molecule has 0 aliphatic rings. The minimum absolute atomic E-state index is 0.325. The number of hydrogen-bond donors (Lipinski definition) is 1. The fraction of sp³-hybridized carbons (Fsp3) is 0.273. The van der Waals surface area contributed by atoms with Gasteiger partial charge in [0.05, 0.1) is 23.2 Å². The van der Waals surface area contributed by atoms with Gasteiger partial charge in [-0.1, -0.05) is 23.2 Å². The summed E-state index contributed by atoms with van der Waals surface area (Å²) in [6.07, 6.45) is 0.968. The lowest BCUT2D eigenvalue weighted by Crippen LogP contribution is -2.03. The fourth-order valence-corrected chi connectivity index (χ4v) is 3.06. The van der Waals surface area contributed by atoms with Crippen LogP contribution in [0.1, 0.15) is 17.4 Å². The van der Waals surface area contributed by atoms with E-state index in [4.69, 9.17) is 27.9 Å². The van der Waals surface area contributed by atoms with Crippen LogP contribution in [0.15, 0.2) is 18.5 Å². The van der Waals surface area contributed by atoms with Gasteiger partial charge in [-0.15, -0.1) is 11.3 Å². The molecular weight excluding hydrogens is 295 g/mol. The smallest absolute Gasteiger partial charge is 0.216 e. The van der Waals surface area contributed by atoms with E-state index in [0.717, 1.165) is 0 Å². The average molecular weight is 305 g/mol. The molecule has 0 saturated heterocycles. The number of methoxy groups -OCH3 is 1. The summed E-state index contributed by atoms with van der Waals surface area (Å²) in [5.74, 6) is 0.460. The van der Waals surface area contributed by atoms with Gasteiger partial charge in [0.15, 0.2) is 0 Å². The van der Waals surface area contributed by atoms with Crippen molar-refractivity contribution in [2.24, 2.45) is 0 Å². The molecule has 0 radical (unpaired) electrons. The van der Waals surface area contributed by atoms with E-state index in [1.807, 2.05) is 0 Å². The zero-order valence-electron chi connectivity index (χ0n) is 9.43. The topological polar surface area (TPSA) is 55.2 Å². The molecule has 0 spiro atoms. The van der Waals surface area contributed by atoms with E-state index in [1.54, 1.807) is 12.1 Å². The first-order valence-corrected chi connectivity index (χ1v) is 6.65. The lowest BCUT2D eigenvalue weighted by Gasteiger charge is -2.09. The number of aliphatic hydroxyl groups is 1. The van der Waals surface area contributed by atoms with Crippen molar-refractivity contribution in [3.8, 4) is 5.88 Å². The molecule has 1 N–H and O–H groups in total. The summed E-state index contributed by atoms with van der Waals surface area (Å²) in [6.45, 7) is 0. The maximum absolute atomic E-state index is 10.1. The minimum atomic E-state index is -0.749. The van der Waals surface area contributed by atoms with Crippen LogP contribution in [-0.2, 0) is 6.42 Å². The van der Waals surface area contributed by atoms with E-state index in [-0.39, 0.29) is 0 Å². The molecular formula is C11H10Cl2N2O2S. The van der Waals surface area contributed by atoms with Crippen molar-refractivity contribution < 1.29 is 9.84 Å². The van der Waals surface area contributed by atoms with Gasteiger partial charge in [-0.3, -0.25) is 0 Å². The summed E-state index contributed by atoms with van der Waals surface area (Å²) >= 11 is 13.0. The number of nitrogens with zero attached hydrogens (tertiary/aromatic N) is 2. The average Bonchev–Trinajstić information content (AvgIpc) is 2.69. The Morgan fingerprint density at radius 1 is 1.39 bits per heavy atom. The molecule has 4 nitrogen and oxygen atoms in total. The van der Waals surface area contributed by atoms with E-state index < -0.39 is 6.10 Å². The van der Waals surface area contributed by atoms with Crippen molar-refractivity contribution in [2.75, 3.05) is 7.11 Å². The zero-order valence-corrected chi connectivity index (χ0v) is 11.8. The highest BCUT2D eigenvalue weighted by Gasteiger charge is 2.16. The first kappa shape index (κ1) is 13.5. The molecule has 2 rings (SSSR count). The van der Waals surface area contributed by atoms with Crippen molar-refractivity contribution in [1.29, 1.82) is 0 Å². The number of aliphatic hydroxyl groups excluding tert-OH is 1. The Balaban J connectivity index is 2.15. The molecule has 0 bridgehead atoms. The molecule has 18 heavy (non-hydrogen) atoms. The largest absolute Gasteiger partial charge is 0.481 e. The second kappa shape index (κ2) is 5.84. The number of ether oxygens (including phenoxy) is 1. The Morgan fingerprint density at radius 3 is 2.78 bits per heavy atom. The maximum atomic E-state index is 10.1. The highest BCUT2D eigenvalue weighted by Crippen LogP contribution is 2.35. The summed E-state index contributed by atoms with van der Waals surface area (Å²) in [5.41, 5.74) is 1.29. The molecule has 7 heteroatoms. The fourth-order valence-electron chi connectivity index (χ4n) is 1.49. The normalized spacial score (nSPS) is 12.4. The Kier molecular flexibility index (Phi) is 4.40. The van der Waals surface area contributed by atoms with Crippen molar-refractivity contribution >= 4 is 34.5 Å². The molecule has 96 valence electrons. The molecule has 0 aromatic carbocycles. The third kappa shape index (κ3) is 3.11. The Labute approximate surface area is 118 Å². The van der Waals surface area contributed by atoms with E-state index in [1.165, 1.54) is 24.8 Å². The van der Waals surface area contributed by atoms with Crippen LogP contribution in [0, 0.1) is 0 Å². The van der Waals surface area contributed by atoms with Crippen LogP contribution in [0.4, 0.5) is 0 Å². The van der Waals surface area contributed by atoms with Gasteiger partial charge in [-0.25, -0.2) is 9.97 Å². The van der Waals surface area contributed by atoms with Crippen LogP contribution < -0.4 is 4.74 Å². The third-order valence-corrected chi connectivity index (χ3v) is 3.87. The molecule has 2 aromatic rings. The lowest BCUT2D eigenvalue weighted by molar-refractivity contribution is 0.177. The first-order chi connectivity index (χ1) is 8.60. The number of thiophene rings is 1. The number of halogens is 2. The Morgan fingerprint density at radius 2 is 2.17 bits per heavy atom. The van der Waals surface area contributed by atoms with Crippen LogP contribution in [0.5, 0.6) is 5.88 Å². The van der Waals surface area contributed by atoms with Crippen LogP contribution in [0.25, 0.3) is 0 Å². The van der Waals surface area contributed by atoms with Gasteiger partial charge in [-0.05, 0) is 6.07 Å². The molecule has 2 aromatic heterocycles. The number of aromatic nitrogens is 2. The third-order valence-electron chi connectivity index (χ3n) is 2.35. The SMILES string of the molecule is COc1cc(CC(O)c2cc(Cl)sc2Cl)ncn1. The predicted octanol–water partition coefficient (Wildman–Crippen LogP) is 3.13. The summed E-state index contributed by atoms with van der Waals surface area (Å²) < 4.78 is 6.04. The van der Waals surface area contributed by atoms with Crippen LogP contribution in [0.2, 0.25) is 8.67 Å². The summed E-state index contributed by atoms with van der Waals surface area (Å²) in [7, 11) is 1.53. The van der Waals surface area contributed by atoms with Crippen LogP contribution >= 0.6 is 34.5 Å². The van der Waals surface area contributed by atoms with Crippen molar-refractivity contribution in [1.82, 2.24) is 9.97 Å². The molecule has 0 aliphatic carbocycles. The molecule has 0 amide bonds. The molecule has 0 fully saturated rings. The van der Waals surface area contributed by atoms with Gasteiger partial charge < -0.3 is 9.84 Å². The Hall–Kier alpha value is -0.880. The standard InChI is InChI=1S/C11H10Cl2N2O2S/c1-17-10-3-6(14-5-15-10)2-8(16)7-4-9(12)18-11(7)13/h3-5,8,16H,2H2,1H3. The molecule has 0 saturated carbocycles. The lowest BCUT2D eigenvalue weighted by atomic mass is 10.1. The maximum Gasteiger partial charge on any atom is 0.216 e. The molecule has 1 atom stereocenters. The summed E-state index contributed by atoms with van der Waals surface area (Å²) in [4.78, 5) is 7.97. The van der Waals surface area contributed by atoms with Gasteiger partial charge in [0.25, 0.3) is 0 Å². The van der Waals surface area contributed by atoms with E-state index in [0.29, 0.717) is 32.2 Å². The second-order valence-corrected chi connectivity index (χ2v) is 5.84. The van der Waals surface area contributed by atoms with Gasteiger partial charge in [0, 0.05) is 18.1 Å². The molecule has 0 aliphatic heterocycles. The van der Waals surface area contributed by atoms with E-state index in [2.05, 4.69) is 9.97 Å². The zero-order chi connectivity index (χ0) is 13.1.